The third-order valence-corrected chi connectivity index (χ3v) is 15.7. The quantitative estimate of drug-likeness (QED) is 0.178. The fourth-order valence-electron chi connectivity index (χ4n) is 11.8. The highest BCUT2D eigenvalue weighted by Gasteiger charge is 2.53. The van der Waals surface area contributed by atoms with Crippen molar-refractivity contribution in [2.45, 2.75) is 24.7 Å². The largest absolute Gasteiger partial charge is 0.224 e. The molecule has 4 heteroatoms. The van der Waals surface area contributed by atoms with Gasteiger partial charge >= 0.3 is 0 Å². The van der Waals surface area contributed by atoms with Crippen molar-refractivity contribution in [3.63, 3.8) is 0 Å². The molecule has 3 nitrogen and oxygen atoms in total. The highest BCUT2D eigenvalue weighted by molar-refractivity contribution is 7.26. The summed E-state index contributed by atoms with van der Waals surface area (Å²) in [6.07, 6.45) is 0. The first kappa shape index (κ1) is 35.1. The Kier molecular flexibility index (Phi) is 6.98. The summed E-state index contributed by atoms with van der Waals surface area (Å²) in [6, 6.07) is 69.3. The Hall–Kier alpha value is -7.53. The van der Waals surface area contributed by atoms with Crippen LogP contribution >= 0.6 is 11.3 Å². The van der Waals surface area contributed by atoms with Crippen molar-refractivity contribution in [1.29, 1.82) is 0 Å². The molecule has 11 aromatic rings. The summed E-state index contributed by atoms with van der Waals surface area (Å²) in [7, 11) is 0. The van der Waals surface area contributed by atoms with Gasteiger partial charge in [0.15, 0.2) is 5.82 Å². The van der Waals surface area contributed by atoms with Crippen molar-refractivity contribution in [2.24, 2.45) is 0 Å². The molecular weight excluding hydrogens is 783 g/mol. The molecule has 0 radical (unpaired) electrons. The van der Waals surface area contributed by atoms with Crippen LogP contribution in [-0.4, -0.2) is 15.2 Å². The number of aromatic nitrogens is 3. The van der Waals surface area contributed by atoms with Gasteiger partial charge in [0.25, 0.3) is 0 Å². The Morgan fingerprint density at radius 2 is 0.937 bits per heavy atom. The molecule has 2 heterocycles. The second-order valence-electron chi connectivity index (χ2n) is 17.8. The van der Waals surface area contributed by atoms with Crippen LogP contribution in [-0.2, 0) is 10.8 Å². The minimum Gasteiger partial charge on any atom is -0.224 e. The van der Waals surface area contributed by atoms with Crippen LogP contribution in [0.1, 0.15) is 47.2 Å². The van der Waals surface area contributed by atoms with Gasteiger partial charge in [0.05, 0.1) is 5.41 Å². The van der Waals surface area contributed by atoms with Crippen LogP contribution in [0.5, 0.6) is 0 Å². The van der Waals surface area contributed by atoms with Crippen molar-refractivity contribution in [3.8, 4) is 67.3 Å². The Morgan fingerprint density at radius 1 is 0.381 bits per heavy atom. The topological polar surface area (TPSA) is 38.7 Å². The first-order valence-corrected chi connectivity index (χ1v) is 22.6. The molecule has 0 N–H and O–H groups in total. The first-order valence-electron chi connectivity index (χ1n) is 21.8. The van der Waals surface area contributed by atoms with E-state index in [2.05, 4.69) is 202 Å². The summed E-state index contributed by atoms with van der Waals surface area (Å²) in [4.78, 5) is 5.69. The maximum atomic E-state index is 5.69. The van der Waals surface area contributed by atoms with Gasteiger partial charge in [0, 0.05) is 42.3 Å². The third-order valence-electron chi connectivity index (χ3n) is 14.5. The van der Waals surface area contributed by atoms with Gasteiger partial charge in [0.1, 0.15) is 11.4 Å². The Bertz CT molecular complexity index is 3720. The van der Waals surface area contributed by atoms with Crippen molar-refractivity contribution >= 4 is 42.3 Å². The molecule has 294 valence electrons. The van der Waals surface area contributed by atoms with Gasteiger partial charge < -0.3 is 0 Å². The third kappa shape index (κ3) is 4.50. The van der Waals surface area contributed by atoms with Crippen molar-refractivity contribution in [2.75, 3.05) is 0 Å². The number of nitrogens with zero attached hydrogens (tertiary/aromatic N) is 3. The van der Waals surface area contributed by atoms with E-state index in [0.29, 0.717) is 5.82 Å². The zero-order valence-electron chi connectivity index (χ0n) is 34.6. The molecule has 9 aromatic carbocycles. The Labute approximate surface area is 369 Å². The van der Waals surface area contributed by atoms with Gasteiger partial charge in [0.2, 0.25) is 0 Å². The van der Waals surface area contributed by atoms with Crippen LogP contribution in [0, 0.1) is 0 Å². The summed E-state index contributed by atoms with van der Waals surface area (Å²) in [6.45, 7) is 4.74. The lowest BCUT2D eigenvalue weighted by atomic mass is 9.55. The Morgan fingerprint density at radius 3 is 1.70 bits per heavy atom. The molecule has 0 unspecified atom stereocenters. The molecule has 3 aliphatic carbocycles. The molecule has 0 saturated heterocycles. The van der Waals surface area contributed by atoms with E-state index < -0.39 is 5.41 Å². The summed E-state index contributed by atoms with van der Waals surface area (Å²) in [5, 5.41) is 15.3. The number of benzene rings is 9. The Balaban J connectivity index is 1.05. The van der Waals surface area contributed by atoms with E-state index in [1.165, 1.54) is 97.7 Å². The maximum absolute atomic E-state index is 5.69. The van der Waals surface area contributed by atoms with Gasteiger partial charge in [-0.25, -0.2) is 4.98 Å². The predicted octanol–water partition coefficient (Wildman–Crippen LogP) is 15.0. The summed E-state index contributed by atoms with van der Waals surface area (Å²) in [5.74, 6) is 0.609. The van der Waals surface area contributed by atoms with Crippen LogP contribution in [0.25, 0.3) is 98.2 Å². The van der Waals surface area contributed by atoms with Crippen molar-refractivity contribution in [1.82, 2.24) is 15.2 Å². The van der Waals surface area contributed by atoms with Gasteiger partial charge in [-0.2, -0.15) is 0 Å². The average Bonchev–Trinajstić information content (AvgIpc) is 3.98. The molecule has 14 rings (SSSR count). The highest BCUT2D eigenvalue weighted by atomic mass is 32.1. The fraction of sp³-hybridized carbons (Fsp3) is 0.0678. The molecule has 0 fully saturated rings. The molecule has 3 aliphatic rings. The molecule has 0 aliphatic heterocycles. The molecule has 63 heavy (non-hydrogen) atoms. The van der Waals surface area contributed by atoms with Crippen molar-refractivity contribution in [3.05, 3.63) is 221 Å². The van der Waals surface area contributed by atoms with E-state index in [-0.39, 0.29) is 5.41 Å². The molecular formula is C59H37N3S. The number of hydrogen-bond acceptors (Lipinski definition) is 4. The maximum Gasteiger partial charge on any atom is 0.182 e. The zero-order chi connectivity index (χ0) is 41.6. The lowest BCUT2D eigenvalue weighted by Crippen LogP contribution is -2.40. The van der Waals surface area contributed by atoms with E-state index in [1.807, 2.05) is 11.3 Å². The molecule has 0 amide bonds. The van der Waals surface area contributed by atoms with E-state index in [0.717, 1.165) is 28.1 Å². The first-order chi connectivity index (χ1) is 31.0. The van der Waals surface area contributed by atoms with Crippen LogP contribution in [0.3, 0.4) is 0 Å². The molecule has 0 atom stereocenters. The van der Waals surface area contributed by atoms with Crippen LogP contribution < -0.4 is 0 Å². The van der Waals surface area contributed by atoms with E-state index in [4.69, 9.17) is 15.2 Å². The second-order valence-corrected chi connectivity index (χ2v) is 18.9. The lowest BCUT2D eigenvalue weighted by molar-refractivity contribution is 0.563. The van der Waals surface area contributed by atoms with Gasteiger partial charge in [-0.1, -0.05) is 190 Å². The van der Waals surface area contributed by atoms with E-state index in [9.17, 15) is 0 Å². The smallest absolute Gasteiger partial charge is 0.182 e. The number of hydrogen-bond donors (Lipinski definition) is 0. The van der Waals surface area contributed by atoms with Crippen LogP contribution in [0.4, 0.5) is 0 Å². The second kappa shape index (κ2) is 12.5. The van der Waals surface area contributed by atoms with Crippen LogP contribution in [0.2, 0.25) is 0 Å². The molecule has 0 saturated carbocycles. The van der Waals surface area contributed by atoms with Crippen molar-refractivity contribution < 1.29 is 0 Å². The number of thiophene rings is 1. The predicted molar refractivity (Wildman–Crippen MR) is 260 cm³/mol. The standard InChI is InChI=1S/C59H37N3S/c1-58(2)48-26-10-11-27-50(48)59(46-24-8-5-17-37(46)38-18-6-9-25-47(38)59)51-33-34(29-32-49(51)58)57-60-54(43-31-30-42-36-16-4-3-15-35(36)40-20-13-21-41(43)53(40)42)55(61-62-57)45-23-14-22-44-39-19-7-12-28-52(39)63-56(44)45/h3-33H,1-2H3. The molecule has 2 aromatic heterocycles. The van der Waals surface area contributed by atoms with E-state index in [1.54, 1.807) is 0 Å². The number of rotatable bonds is 3. The monoisotopic (exact) mass is 819 g/mol. The highest BCUT2D eigenvalue weighted by Crippen LogP contribution is 2.62. The van der Waals surface area contributed by atoms with E-state index >= 15 is 0 Å². The van der Waals surface area contributed by atoms with Gasteiger partial charge in [-0.05, 0) is 89.7 Å². The fourth-order valence-corrected chi connectivity index (χ4v) is 13.0. The van der Waals surface area contributed by atoms with Crippen LogP contribution in [0.15, 0.2) is 188 Å². The average molecular weight is 820 g/mol. The summed E-state index contributed by atoms with van der Waals surface area (Å²) in [5.41, 5.74) is 19.4. The lowest BCUT2D eigenvalue weighted by Gasteiger charge is -2.46. The summed E-state index contributed by atoms with van der Waals surface area (Å²) >= 11 is 1.81. The zero-order valence-corrected chi connectivity index (χ0v) is 35.5. The van der Waals surface area contributed by atoms with Gasteiger partial charge in [-0.15, -0.1) is 21.5 Å². The normalized spacial score (nSPS) is 14.4. The molecule has 1 spiro atoms. The molecule has 0 bridgehead atoms. The summed E-state index contributed by atoms with van der Waals surface area (Å²) < 4.78 is 2.45. The minimum absolute atomic E-state index is 0.249. The van der Waals surface area contributed by atoms with Gasteiger partial charge in [-0.3, -0.25) is 0 Å². The SMILES string of the molecule is CC1(C)c2ccccc2C2(c3ccccc3-c3ccccc32)c2cc(-c3nnc(-c4cccc5c4sc4ccccc45)c(-c4ccc5c6c(cccc46)-c4ccccc4-5)n3)ccc21. The minimum atomic E-state index is -0.523. The number of fused-ring (bicyclic) bond motifs is 15.